The maximum Gasteiger partial charge on any atom is 0.392 e. The lowest BCUT2D eigenvalue weighted by Crippen LogP contribution is -2.30. The van der Waals surface area contributed by atoms with E-state index in [2.05, 4.69) is 11.4 Å². The van der Waals surface area contributed by atoms with E-state index in [0.29, 0.717) is 43.5 Å². The van der Waals surface area contributed by atoms with Crippen molar-refractivity contribution in [3.8, 4) is 17.2 Å². The van der Waals surface area contributed by atoms with Crippen molar-refractivity contribution in [1.29, 1.82) is 5.26 Å². The number of carboxylic acids is 1. The van der Waals surface area contributed by atoms with Crippen LogP contribution < -0.4 is 5.32 Å². The van der Waals surface area contributed by atoms with Gasteiger partial charge in [-0.05, 0) is 72.0 Å². The number of carboxylic acid groups (broad SMARTS) is 1. The number of anilines is 1. The van der Waals surface area contributed by atoms with E-state index in [4.69, 9.17) is 23.2 Å². The molecule has 3 aromatic rings. The lowest BCUT2D eigenvalue weighted by Gasteiger charge is -2.27. The highest BCUT2D eigenvalue weighted by atomic mass is 35.5. The van der Waals surface area contributed by atoms with E-state index < -0.39 is 29.4 Å². The van der Waals surface area contributed by atoms with E-state index >= 15 is 0 Å². The molecule has 2 N–H and O–H groups in total. The van der Waals surface area contributed by atoms with Crippen molar-refractivity contribution in [2.24, 2.45) is 5.92 Å². The van der Waals surface area contributed by atoms with Gasteiger partial charge in [-0.15, -0.1) is 0 Å². The molecule has 2 unspecified atom stereocenters. The molecule has 9 heteroatoms. The van der Waals surface area contributed by atoms with E-state index in [1.54, 1.807) is 74.5 Å². The third-order valence-electron chi connectivity index (χ3n) is 6.66. The number of hydrogen-bond acceptors (Lipinski definition) is 3. The van der Waals surface area contributed by atoms with Crippen molar-refractivity contribution in [1.82, 2.24) is 0 Å². The topological polar surface area (TPSA) is 73.1 Å². The second-order valence-electron chi connectivity index (χ2n) is 9.74. The van der Waals surface area contributed by atoms with Gasteiger partial charge in [-0.2, -0.15) is 18.4 Å². The molecular formula is C29H27Cl2F3N2O2. The monoisotopic (exact) mass is 562 g/mol. The fourth-order valence-corrected chi connectivity index (χ4v) is 4.50. The Kier molecular flexibility index (Phi) is 9.01. The third-order valence-corrected chi connectivity index (χ3v) is 7.24. The van der Waals surface area contributed by atoms with Gasteiger partial charge in [0.1, 0.15) is 0 Å². The number of nitrogens with one attached hydrogen (secondary N) is 1. The van der Waals surface area contributed by atoms with Gasteiger partial charge in [0.25, 0.3) is 0 Å². The molecule has 3 rings (SSSR count). The smallest absolute Gasteiger partial charge is 0.392 e. The molecule has 4 nitrogen and oxygen atoms in total. The van der Waals surface area contributed by atoms with Crippen LogP contribution in [0, 0.1) is 17.2 Å². The molecule has 0 aromatic heterocycles. The van der Waals surface area contributed by atoms with Gasteiger partial charge in [-0.25, -0.2) is 0 Å². The summed E-state index contributed by atoms with van der Waals surface area (Å²) in [6, 6.07) is 18.7. The maximum absolute atomic E-state index is 13.7. The molecule has 0 spiro atoms. The van der Waals surface area contributed by atoms with Crippen LogP contribution in [0.2, 0.25) is 10.0 Å². The Morgan fingerprint density at radius 3 is 2.29 bits per heavy atom. The van der Waals surface area contributed by atoms with Gasteiger partial charge in [0.2, 0.25) is 0 Å². The first-order chi connectivity index (χ1) is 17.7. The number of alkyl halides is 3. The summed E-state index contributed by atoms with van der Waals surface area (Å²) in [5.74, 6) is -3.59. The highest BCUT2D eigenvalue weighted by Crippen LogP contribution is 2.39. The Morgan fingerprint density at radius 2 is 1.71 bits per heavy atom. The number of benzene rings is 3. The van der Waals surface area contributed by atoms with Crippen molar-refractivity contribution < 1.29 is 23.1 Å². The molecule has 0 saturated carbocycles. The molecule has 0 heterocycles. The predicted molar refractivity (Wildman–Crippen MR) is 145 cm³/mol. The van der Waals surface area contributed by atoms with Crippen molar-refractivity contribution in [3.63, 3.8) is 0 Å². The van der Waals surface area contributed by atoms with Crippen LogP contribution in [-0.2, 0) is 16.6 Å². The fraction of sp³-hybridized carbons (Fsp3) is 0.310. The quantitative estimate of drug-likeness (QED) is 0.274. The van der Waals surface area contributed by atoms with Crippen LogP contribution in [0.5, 0.6) is 0 Å². The summed E-state index contributed by atoms with van der Waals surface area (Å²) in [6.45, 7) is 4.60. The van der Waals surface area contributed by atoms with Gasteiger partial charge < -0.3 is 10.4 Å². The lowest BCUT2D eigenvalue weighted by molar-refractivity contribution is -0.174. The molecule has 0 amide bonds. The van der Waals surface area contributed by atoms with Gasteiger partial charge in [-0.3, -0.25) is 4.79 Å². The maximum atomic E-state index is 13.7. The van der Waals surface area contributed by atoms with E-state index in [1.807, 2.05) is 0 Å². The minimum atomic E-state index is -4.42. The van der Waals surface area contributed by atoms with Crippen LogP contribution in [0.1, 0.15) is 43.4 Å². The summed E-state index contributed by atoms with van der Waals surface area (Å²) in [7, 11) is 0. The van der Waals surface area contributed by atoms with Crippen molar-refractivity contribution >= 4 is 34.9 Å². The van der Waals surface area contributed by atoms with Crippen molar-refractivity contribution in [3.05, 3.63) is 87.4 Å². The number of carbonyl (C=O) groups is 1. The number of aliphatic carboxylic acids is 1. The number of rotatable bonds is 9. The Bertz CT molecular complexity index is 1350. The minimum absolute atomic E-state index is 0.0605. The van der Waals surface area contributed by atoms with Crippen LogP contribution in [0.4, 0.5) is 18.9 Å². The van der Waals surface area contributed by atoms with Gasteiger partial charge in [0, 0.05) is 17.5 Å². The largest absolute Gasteiger partial charge is 0.481 e. The average molecular weight is 563 g/mol. The summed E-state index contributed by atoms with van der Waals surface area (Å²) < 4.78 is 41.1. The first-order valence-electron chi connectivity index (χ1n) is 11.9. The SMILES string of the molecule is CC(C(CNc1cc(-c2cc(C(C)(C)C#N)ccc2CC(=O)O)ccc1Cl)c1ccc(Cl)cc1)C(F)(F)F. The molecule has 0 aliphatic heterocycles. The summed E-state index contributed by atoms with van der Waals surface area (Å²) in [4.78, 5) is 11.5. The molecule has 200 valence electrons. The standard InChI is InChI=1S/C29H27Cl2F3N2O2/c1-17(29(32,33)34)24(18-5-9-22(30)10-6-18)15-36-26-12-19(7-11-25(26)31)23-14-21(28(2,3)16-35)8-4-20(23)13-27(37)38/h4-12,14,17,24,36H,13,15H2,1-3H3,(H,37,38). The molecule has 0 fully saturated rings. The zero-order chi connectivity index (χ0) is 28.3. The molecule has 0 radical (unpaired) electrons. The first kappa shape index (κ1) is 29.3. The third kappa shape index (κ3) is 7.00. The normalized spacial score (nSPS) is 13.4. The summed E-state index contributed by atoms with van der Waals surface area (Å²) in [6.07, 6.45) is -4.66. The zero-order valence-corrected chi connectivity index (χ0v) is 22.5. The Labute approximate surface area is 230 Å². The van der Waals surface area contributed by atoms with Crippen LogP contribution >= 0.6 is 23.2 Å². The van der Waals surface area contributed by atoms with Crippen LogP contribution in [0.15, 0.2) is 60.7 Å². The second kappa shape index (κ2) is 11.7. The molecule has 2 atom stereocenters. The van der Waals surface area contributed by atoms with E-state index in [-0.39, 0.29) is 13.0 Å². The van der Waals surface area contributed by atoms with Gasteiger partial charge in [0.05, 0.1) is 34.5 Å². The predicted octanol–water partition coefficient (Wildman–Crippen LogP) is 8.48. The van der Waals surface area contributed by atoms with Crippen molar-refractivity contribution in [2.75, 3.05) is 11.9 Å². The van der Waals surface area contributed by atoms with Gasteiger partial charge >= 0.3 is 12.1 Å². The summed E-state index contributed by atoms with van der Waals surface area (Å²) in [5, 5.41) is 22.8. The van der Waals surface area contributed by atoms with E-state index in [9.17, 15) is 28.3 Å². The highest BCUT2D eigenvalue weighted by molar-refractivity contribution is 6.33. The van der Waals surface area contributed by atoms with E-state index in [0.717, 1.165) is 6.92 Å². The minimum Gasteiger partial charge on any atom is -0.481 e. The van der Waals surface area contributed by atoms with E-state index in [1.165, 1.54) is 0 Å². The molecule has 0 aliphatic carbocycles. The molecular weight excluding hydrogens is 536 g/mol. The molecule has 0 bridgehead atoms. The molecule has 3 aromatic carbocycles. The molecule has 0 aliphatic rings. The Balaban J connectivity index is 2.01. The first-order valence-corrected chi connectivity index (χ1v) is 12.6. The zero-order valence-electron chi connectivity index (χ0n) is 21.0. The summed E-state index contributed by atoms with van der Waals surface area (Å²) in [5.41, 5.74) is 2.53. The molecule has 38 heavy (non-hydrogen) atoms. The lowest BCUT2D eigenvalue weighted by atomic mass is 9.83. The van der Waals surface area contributed by atoms with Crippen LogP contribution in [0.25, 0.3) is 11.1 Å². The van der Waals surface area contributed by atoms with Gasteiger partial charge in [-0.1, -0.05) is 60.5 Å². The fourth-order valence-electron chi connectivity index (χ4n) is 4.19. The Hall–Kier alpha value is -3.21. The van der Waals surface area contributed by atoms with Crippen LogP contribution in [0.3, 0.4) is 0 Å². The summed E-state index contributed by atoms with van der Waals surface area (Å²) >= 11 is 12.4. The number of hydrogen-bond donors (Lipinski definition) is 2. The molecule has 0 saturated heterocycles. The highest BCUT2D eigenvalue weighted by Gasteiger charge is 2.41. The van der Waals surface area contributed by atoms with Crippen molar-refractivity contribution in [2.45, 2.75) is 44.7 Å². The number of halogens is 5. The average Bonchev–Trinajstić information content (AvgIpc) is 2.85. The number of nitriles is 1. The second-order valence-corrected chi connectivity index (χ2v) is 10.6. The van der Waals surface area contributed by atoms with Gasteiger partial charge in [0.15, 0.2) is 0 Å². The number of nitrogens with zero attached hydrogens (tertiary/aromatic N) is 1. The van der Waals surface area contributed by atoms with Crippen LogP contribution in [-0.4, -0.2) is 23.8 Å². The Morgan fingerprint density at radius 1 is 1.05 bits per heavy atom.